The Morgan fingerprint density at radius 3 is 3.00 bits per heavy atom. The number of likely N-dealkylation sites (tertiary alicyclic amines) is 1. The first kappa shape index (κ1) is 10.7. The molecular formula is C11H14ClFN2. The first-order valence-corrected chi connectivity index (χ1v) is 5.43. The van der Waals surface area contributed by atoms with Crippen LogP contribution in [0.25, 0.3) is 0 Å². The number of rotatable bonds is 2. The van der Waals surface area contributed by atoms with E-state index >= 15 is 0 Å². The molecule has 1 saturated heterocycles. The Labute approximate surface area is 94.0 Å². The van der Waals surface area contributed by atoms with Crippen molar-refractivity contribution in [2.75, 3.05) is 25.5 Å². The summed E-state index contributed by atoms with van der Waals surface area (Å²) in [7, 11) is 2.08. The Hall–Kier alpha value is -0.800. The van der Waals surface area contributed by atoms with Gasteiger partial charge < -0.3 is 10.2 Å². The predicted molar refractivity (Wildman–Crippen MR) is 60.9 cm³/mol. The van der Waals surface area contributed by atoms with Crippen molar-refractivity contribution in [3.8, 4) is 0 Å². The third-order valence-electron chi connectivity index (χ3n) is 2.68. The fraction of sp³-hybridized carbons (Fsp3) is 0.455. The van der Waals surface area contributed by atoms with E-state index < -0.39 is 0 Å². The molecule has 82 valence electrons. The summed E-state index contributed by atoms with van der Waals surface area (Å²) >= 11 is 5.97. The molecule has 2 nitrogen and oxygen atoms in total. The third kappa shape index (κ3) is 2.61. The topological polar surface area (TPSA) is 15.3 Å². The molecule has 1 N–H and O–H groups in total. The monoisotopic (exact) mass is 228 g/mol. The molecule has 0 aromatic heterocycles. The van der Waals surface area contributed by atoms with E-state index in [1.165, 1.54) is 12.1 Å². The quantitative estimate of drug-likeness (QED) is 0.837. The van der Waals surface area contributed by atoms with E-state index in [-0.39, 0.29) is 5.82 Å². The molecule has 1 aromatic carbocycles. The maximum absolute atomic E-state index is 13.0. The second kappa shape index (κ2) is 4.37. The molecule has 1 unspecified atom stereocenters. The molecular weight excluding hydrogens is 215 g/mol. The molecule has 0 spiro atoms. The van der Waals surface area contributed by atoms with Crippen molar-refractivity contribution in [1.82, 2.24) is 4.90 Å². The van der Waals surface area contributed by atoms with Gasteiger partial charge in [-0.2, -0.15) is 0 Å². The van der Waals surface area contributed by atoms with Gasteiger partial charge in [-0.3, -0.25) is 0 Å². The van der Waals surface area contributed by atoms with Crippen LogP contribution in [0.2, 0.25) is 5.02 Å². The van der Waals surface area contributed by atoms with Crippen molar-refractivity contribution < 1.29 is 4.39 Å². The minimum Gasteiger partial charge on any atom is -0.380 e. The number of likely N-dealkylation sites (N-methyl/N-ethyl adjacent to an activating group) is 1. The molecule has 1 aliphatic rings. The van der Waals surface area contributed by atoms with Crippen LogP contribution in [0, 0.1) is 5.82 Å². The van der Waals surface area contributed by atoms with Crippen LogP contribution in [0.1, 0.15) is 6.42 Å². The zero-order valence-corrected chi connectivity index (χ0v) is 9.39. The molecule has 1 fully saturated rings. The summed E-state index contributed by atoms with van der Waals surface area (Å²) in [6.07, 6.45) is 1.07. The van der Waals surface area contributed by atoms with Crippen LogP contribution >= 0.6 is 11.6 Å². The van der Waals surface area contributed by atoms with Crippen LogP contribution in [0.3, 0.4) is 0 Å². The maximum Gasteiger partial charge on any atom is 0.125 e. The van der Waals surface area contributed by atoms with Crippen molar-refractivity contribution in [1.29, 1.82) is 0 Å². The predicted octanol–water partition coefficient (Wildman–Crippen LogP) is 2.60. The zero-order chi connectivity index (χ0) is 10.8. The lowest BCUT2D eigenvalue weighted by atomic mass is 10.2. The van der Waals surface area contributed by atoms with E-state index in [9.17, 15) is 4.39 Å². The molecule has 2 rings (SSSR count). The average Bonchev–Trinajstić information content (AvgIpc) is 2.58. The number of benzene rings is 1. The van der Waals surface area contributed by atoms with Crippen LogP contribution in [-0.2, 0) is 0 Å². The molecule has 1 aromatic rings. The van der Waals surface area contributed by atoms with Crippen LogP contribution in [0.4, 0.5) is 10.1 Å². The highest BCUT2D eigenvalue weighted by Gasteiger charge is 2.19. The zero-order valence-electron chi connectivity index (χ0n) is 8.63. The molecule has 0 bridgehead atoms. The van der Waals surface area contributed by atoms with Crippen LogP contribution < -0.4 is 5.32 Å². The van der Waals surface area contributed by atoms with Crippen LogP contribution in [0.5, 0.6) is 0 Å². The normalized spacial score (nSPS) is 21.9. The van der Waals surface area contributed by atoms with Crippen molar-refractivity contribution in [2.24, 2.45) is 0 Å². The van der Waals surface area contributed by atoms with Gasteiger partial charge in [-0.15, -0.1) is 0 Å². The number of nitrogens with zero attached hydrogens (tertiary/aromatic N) is 1. The number of anilines is 1. The lowest BCUT2D eigenvalue weighted by molar-refractivity contribution is 0.414. The molecule has 0 amide bonds. The van der Waals surface area contributed by atoms with E-state index in [0.717, 1.165) is 19.5 Å². The smallest absolute Gasteiger partial charge is 0.125 e. The molecule has 4 heteroatoms. The maximum atomic E-state index is 13.0. The van der Waals surface area contributed by atoms with E-state index in [0.29, 0.717) is 16.8 Å². The first-order chi connectivity index (χ1) is 7.15. The van der Waals surface area contributed by atoms with Crippen molar-refractivity contribution in [3.05, 3.63) is 29.0 Å². The van der Waals surface area contributed by atoms with E-state index in [4.69, 9.17) is 11.6 Å². The van der Waals surface area contributed by atoms with Gasteiger partial charge in [0.15, 0.2) is 0 Å². The SMILES string of the molecule is CN1CCC(Nc2cc(F)ccc2Cl)C1. The van der Waals surface area contributed by atoms with E-state index in [1.54, 1.807) is 6.07 Å². The largest absolute Gasteiger partial charge is 0.380 e. The van der Waals surface area contributed by atoms with Gasteiger partial charge in [0, 0.05) is 12.6 Å². The summed E-state index contributed by atoms with van der Waals surface area (Å²) in [6, 6.07) is 4.77. The number of hydrogen-bond acceptors (Lipinski definition) is 2. The fourth-order valence-corrected chi connectivity index (χ4v) is 2.05. The van der Waals surface area contributed by atoms with Crippen molar-refractivity contribution >= 4 is 17.3 Å². The van der Waals surface area contributed by atoms with Gasteiger partial charge in [0.25, 0.3) is 0 Å². The average molecular weight is 229 g/mol. The highest BCUT2D eigenvalue weighted by molar-refractivity contribution is 6.33. The third-order valence-corrected chi connectivity index (χ3v) is 3.01. The van der Waals surface area contributed by atoms with Crippen LogP contribution in [-0.4, -0.2) is 31.1 Å². The van der Waals surface area contributed by atoms with Gasteiger partial charge in [-0.05, 0) is 38.2 Å². The van der Waals surface area contributed by atoms with Crippen LogP contribution in [0.15, 0.2) is 18.2 Å². The first-order valence-electron chi connectivity index (χ1n) is 5.05. The lowest BCUT2D eigenvalue weighted by Crippen LogP contribution is -2.23. The Bertz CT molecular complexity index is 356. The summed E-state index contributed by atoms with van der Waals surface area (Å²) in [6.45, 7) is 2.05. The minimum atomic E-state index is -0.256. The Balaban J connectivity index is 2.07. The summed E-state index contributed by atoms with van der Waals surface area (Å²) in [5.41, 5.74) is 0.692. The van der Waals surface area contributed by atoms with Gasteiger partial charge >= 0.3 is 0 Å². The van der Waals surface area contributed by atoms with Gasteiger partial charge in [0.2, 0.25) is 0 Å². The van der Waals surface area contributed by atoms with Gasteiger partial charge in [0.05, 0.1) is 10.7 Å². The Kier molecular flexibility index (Phi) is 3.12. The second-order valence-corrected chi connectivity index (χ2v) is 4.42. The molecule has 0 aliphatic carbocycles. The van der Waals surface area contributed by atoms with Crippen molar-refractivity contribution in [2.45, 2.75) is 12.5 Å². The fourth-order valence-electron chi connectivity index (χ4n) is 1.88. The molecule has 0 saturated carbocycles. The molecule has 1 atom stereocenters. The lowest BCUT2D eigenvalue weighted by Gasteiger charge is -2.15. The summed E-state index contributed by atoms with van der Waals surface area (Å²) in [5.74, 6) is -0.256. The Morgan fingerprint density at radius 2 is 2.33 bits per heavy atom. The summed E-state index contributed by atoms with van der Waals surface area (Å²) in [5, 5.41) is 3.84. The summed E-state index contributed by atoms with van der Waals surface area (Å²) in [4.78, 5) is 2.24. The van der Waals surface area contributed by atoms with E-state index in [2.05, 4.69) is 17.3 Å². The Morgan fingerprint density at radius 1 is 1.53 bits per heavy atom. The van der Waals surface area contributed by atoms with Gasteiger partial charge in [-0.1, -0.05) is 11.6 Å². The highest BCUT2D eigenvalue weighted by atomic mass is 35.5. The molecule has 1 heterocycles. The molecule has 0 radical (unpaired) electrons. The highest BCUT2D eigenvalue weighted by Crippen LogP contribution is 2.24. The molecule has 1 aliphatic heterocycles. The summed E-state index contributed by atoms with van der Waals surface area (Å²) < 4.78 is 13.0. The van der Waals surface area contributed by atoms with Gasteiger partial charge in [-0.25, -0.2) is 4.39 Å². The number of nitrogens with one attached hydrogen (secondary N) is 1. The minimum absolute atomic E-state index is 0.256. The number of hydrogen-bond donors (Lipinski definition) is 1. The number of halogens is 2. The standard InChI is InChI=1S/C11H14ClFN2/c1-15-5-4-9(7-15)14-11-6-8(13)2-3-10(11)12/h2-3,6,9,14H,4-5,7H2,1H3. The molecule has 15 heavy (non-hydrogen) atoms. The second-order valence-electron chi connectivity index (χ2n) is 4.02. The van der Waals surface area contributed by atoms with Gasteiger partial charge in [0.1, 0.15) is 5.82 Å². The van der Waals surface area contributed by atoms with E-state index in [1.807, 2.05) is 0 Å². The van der Waals surface area contributed by atoms with Crippen molar-refractivity contribution in [3.63, 3.8) is 0 Å².